The van der Waals surface area contributed by atoms with E-state index < -0.39 is 0 Å². The van der Waals surface area contributed by atoms with E-state index in [-0.39, 0.29) is 6.04 Å². The molecule has 0 aromatic carbocycles. The molecule has 0 aliphatic carbocycles. The van der Waals surface area contributed by atoms with Gasteiger partial charge < -0.3 is 9.73 Å². The van der Waals surface area contributed by atoms with Crippen molar-refractivity contribution < 1.29 is 4.42 Å². The molecule has 0 saturated heterocycles. The number of hydrogen-bond acceptors (Lipinski definition) is 4. The fourth-order valence-electron chi connectivity index (χ4n) is 2.51. The predicted molar refractivity (Wildman–Crippen MR) is 81.9 cm³/mol. The molecule has 0 fully saturated rings. The fourth-order valence-corrected chi connectivity index (χ4v) is 2.51. The molecule has 0 saturated carbocycles. The molecular weight excluding hydrogens is 264 g/mol. The zero-order valence-corrected chi connectivity index (χ0v) is 12.8. The summed E-state index contributed by atoms with van der Waals surface area (Å²) < 4.78 is 7.45. The predicted octanol–water partition coefficient (Wildman–Crippen LogP) is 3.03. The first-order valence-corrected chi connectivity index (χ1v) is 7.12. The molecule has 1 N–H and O–H groups in total. The molecule has 3 aromatic heterocycles. The molecule has 21 heavy (non-hydrogen) atoms. The highest BCUT2D eigenvalue weighted by Gasteiger charge is 2.10. The Morgan fingerprint density at radius 1 is 1.33 bits per heavy atom. The molecule has 0 aliphatic rings. The van der Waals surface area contributed by atoms with Crippen LogP contribution >= 0.6 is 0 Å². The van der Waals surface area contributed by atoms with Gasteiger partial charge >= 0.3 is 0 Å². The van der Waals surface area contributed by atoms with Gasteiger partial charge in [0.15, 0.2) is 5.65 Å². The zero-order valence-electron chi connectivity index (χ0n) is 12.8. The number of aryl methyl sites for hydroxylation is 3. The van der Waals surface area contributed by atoms with E-state index in [1.54, 1.807) is 0 Å². The molecule has 5 heteroatoms. The van der Waals surface area contributed by atoms with E-state index in [0.717, 1.165) is 40.4 Å². The van der Waals surface area contributed by atoms with Crippen LogP contribution in [0.3, 0.4) is 0 Å². The SMILES string of the molecule is Cc1ccc(C(C)NCc2cnc3c(c2)c(C)nn3C)o1. The number of pyridine rings is 1. The summed E-state index contributed by atoms with van der Waals surface area (Å²) in [5, 5.41) is 8.96. The van der Waals surface area contributed by atoms with E-state index in [1.807, 2.05) is 43.9 Å². The van der Waals surface area contributed by atoms with Crippen LogP contribution in [0.25, 0.3) is 11.0 Å². The summed E-state index contributed by atoms with van der Waals surface area (Å²) in [6, 6.07) is 6.32. The number of rotatable bonds is 4. The molecule has 1 unspecified atom stereocenters. The van der Waals surface area contributed by atoms with Crippen molar-refractivity contribution in [1.29, 1.82) is 0 Å². The molecule has 0 bridgehead atoms. The van der Waals surface area contributed by atoms with Crippen molar-refractivity contribution in [2.45, 2.75) is 33.4 Å². The van der Waals surface area contributed by atoms with Crippen LogP contribution in [0.1, 0.15) is 35.7 Å². The molecule has 3 aromatic rings. The minimum Gasteiger partial charge on any atom is -0.465 e. The minimum absolute atomic E-state index is 0.171. The van der Waals surface area contributed by atoms with Crippen LogP contribution in [0.15, 0.2) is 28.8 Å². The van der Waals surface area contributed by atoms with Gasteiger partial charge in [0.25, 0.3) is 0 Å². The Labute approximate surface area is 124 Å². The first-order valence-electron chi connectivity index (χ1n) is 7.12. The second kappa shape index (κ2) is 5.33. The molecule has 0 aliphatic heterocycles. The van der Waals surface area contributed by atoms with E-state index in [9.17, 15) is 0 Å². The second-order valence-electron chi connectivity index (χ2n) is 5.47. The summed E-state index contributed by atoms with van der Waals surface area (Å²) >= 11 is 0. The summed E-state index contributed by atoms with van der Waals surface area (Å²) in [4.78, 5) is 4.49. The van der Waals surface area contributed by atoms with Crippen molar-refractivity contribution >= 4 is 11.0 Å². The molecule has 1 atom stereocenters. The Hall–Kier alpha value is -2.14. The number of hydrogen-bond donors (Lipinski definition) is 1. The molecule has 0 amide bonds. The number of furan rings is 1. The lowest BCUT2D eigenvalue weighted by Gasteiger charge is -2.11. The van der Waals surface area contributed by atoms with Crippen LogP contribution in [-0.2, 0) is 13.6 Å². The van der Waals surface area contributed by atoms with Crippen molar-refractivity contribution in [3.63, 3.8) is 0 Å². The molecule has 3 heterocycles. The van der Waals surface area contributed by atoms with E-state index >= 15 is 0 Å². The second-order valence-corrected chi connectivity index (χ2v) is 5.47. The largest absolute Gasteiger partial charge is 0.465 e. The summed E-state index contributed by atoms with van der Waals surface area (Å²) in [5.74, 6) is 1.90. The maximum Gasteiger partial charge on any atom is 0.157 e. The highest BCUT2D eigenvalue weighted by Crippen LogP contribution is 2.18. The summed E-state index contributed by atoms with van der Waals surface area (Å²) in [6.07, 6.45) is 1.90. The molecule has 3 rings (SSSR count). The third-order valence-corrected chi connectivity index (χ3v) is 3.72. The summed E-state index contributed by atoms with van der Waals surface area (Å²) in [5.41, 5.74) is 3.08. The average Bonchev–Trinajstić information content (AvgIpc) is 3.01. The van der Waals surface area contributed by atoms with Gasteiger partial charge in [0, 0.05) is 25.2 Å². The van der Waals surface area contributed by atoms with Crippen LogP contribution < -0.4 is 5.32 Å². The lowest BCUT2D eigenvalue weighted by atomic mass is 10.2. The van der Waals surface area contributed by atoms with Crippen LogP contribution in [-0.4, -0.2) is 14.8 Å². The van der Waals surface area contributed by atoms with Gasteiger partial charge in [0.05, 0.1) is 11.7 Å². The zero-order chi connectivity index (χ0) is 15.0. The smallest absolute Gasteiger partial charge is 0.157 e. The number of nitrogens with zero attached hydrogens (tertiary/aromatic N) is 3. The lowest BCUT2D eigenvalue weighted by Crippen LogP contribution is -2.17. The number of fused-ring (bicyclic) bond motifs is 1. The van der Waals surface area contributed by atoms with Crippen molar-refractivity contribution in [2.24, 2.45) is 7.05 Å². The van der Waals surface area contributed by atoms with Gasteiger partial charge in [-0.1, -0.05) is 0 Å². The molecule has 5 nitrogen and oxygen atoms in total. The minimum atomic E-state index is 0.171. The fraction of sp³-hybridized carbons (Fsp3) is 0.375. The monoisotopic (exact) mass is 284 g/mol. The van der Waals surface area contributed by atoms with Crippen molar-refractivity contribution in [2.75, 3.05) is 0 Å². The van der Waals surface area contributed by atoms with Crippen LogP contribution in [0.2, 0.25) is 0 Å². The van der Waals surface area contributed by atoms with E-state index in [0.29, 0.717) is 0 Å². The highest BCUT2D eigenvalue weighted by molar-refractivity contribution is 5.78. The third-order valence-electron chi connectivity index (χ3n) is 3.72. The van der Waals surface area contributed by atoms with Crippen molar-refractivity contribution in [1.82, 2.24) is 20.1 Å². The van der Waals surface area contributed by atoms with Crippen molar-refractivity contribution in [3.05, 3.63) is 47.2 Å². The van der Waals surface area contributed by atoms with Crippen molar-refractivity contribution in [3.8, 4) is 0 Å². The Kier molecular flexibility index (Phi) is 3.51. The molecular formula is C16H20N4O. The molecule has 110 valence electrons. The van der Waals surface area contributed by atoms with Gasteiger partial charge in [-0.2, -0.15) is 5.10 Å². The van der Waals surface area contributed by atoms with Gasteiger partial charge in [-0.3, -0.25) is 4.68 Å². The summed E-state index contributed by atoms with van der Waals surface area (Å²) in [6.45, 7) is 6.81. The topological polar surface area (TPSA) is 55.9 Å². The number of nitrogens with one attached hydrogen (secondary N) is 1. The van der Waals surface area contributed by atoms with Gasteiger partial charge in [0.1, 0.15) is 11.5 Å². The van der Waals surface area contributed by atoms with Crippen LogP contribution in [0.4, 0.5) is 0 Å². The maximum atomic E-state index is 5.63. The first-order chi connectivity index (χ1) is 10.0. The van der Waals surface area contributed by atoms with E-state index in [4.69, 9.17) is 4.42 Å². The lowest BCUT2D eigenvalue weighted by molar-refractivity contribution is 0.416. The Bertz CT molecular complexity index is 772. The maximum absolute atomic E-state index is 5.63. The Morgan fingerprint density at radius 3 is 2.86 bits per heavy atom. The normalized spacial score (nSPS) is 13.0. The molecule has 0 radical (unpaired) electrons. The third kappa shape index (κ3) is 2.69. The van der Waals surface area contributed by atoms with E-state index in [1.165, 1.54) is 0 Å². The van der Waals surface area contributed by atoms with Crippen LogP contribution in [0.5, 0.6) is 0 Å². The first kappa shape index (κ1) is 13.8. The standard InChI is InChI=1S/C16H20N4O/c1-10-5-6-15(21-10)12(3)17-8-13-7-14-11(2)19-20(4)16(14)18-9-13/h5-7,9,12,17H,8H2,1-4H3. The van der Waals surface area contributed by atoms with E-state index in [2.05, 4.69) is 28.4 Å². The molecule has 0 spiro atoms. The van der Waals surface area contributed by atoms with Gasteiger partial charge in [0.2, 0.25) is 0 Å². The quantitative estimate of drug-likeness (QED) is 0.800. The van der Waals surface area contributed by atoms with Gasteiger partial charge in [-0.25, -0.2) is 4.98 Å². The van der Waals surface area contributed by atoms with Gasteiger partial charge in [-0.05, 0) is 44.5 Å². The summed E-state index contributed by atoms with van der Waals surface area (Å²) in [7, 11) is 1.92. The van der Waals surface area contributed by atoms with Crippen LogP contribution in [0, 0.1) is 13.8 Å². The van der Waals surface area contributed by atoms with Gasteiger partial charge in [-0.15, -0.1) is 0 Å². The average molecular weight is 284 g/mol. The Morgan fingerprint density at radius 2 is 2.14 bits per heavy atom. The highest BCUT2D eigenvalue weighted by atomic mass is 16.3. The number of aromatic nitrogens is 3. The Balaban J connectivity index is 1.74.